The molecule has 0 aromatic heterocycles. The molecule has 0 radical (unpaired) electrons. The second kappa shape index (κ2) is 6.35. The third-order valence-corrected chi connectivity index (χ3v) is 6.46. The Balaban J connectivity index is 1.91. The lowest BCUT2D eigenvalue weighted by Crippen LogP contribution is -2.55. The molecule has 3 rings (SSSR count). The zero-order valence-corrected chi connectivity index (χ0v) is 14.7. The highest BCUT2D eigenvalue weighted by molar-refractivity contribution is 8.06. The number of nitrogens with zero attached hydrogens (tertiary/aromatic N) is 1. The monoisotopic (exact) mass is 374 g/mol. The van der Waals surface area contributed by atoms with Crippen molar-refractivity contribution in [2.45, 2.75) is 23.6 Å². The maximum Gasteiger partial charge on any atom is 0.232 e. The second-order valence-electron chi connectivity index (χ2n) is 4.86. The first kappa shape index (κ1) is 16.1. The van der Waals surface area contributed by atoms with Crippen LogP contribution in [-0.4, -0.2) is 27.8 Å². The number of nitrogens with one attached hydrogen (secondary N) is 1. The molecule has 1 aromatic rings. The van der Waals surface area contributed by atoms with Gasteiger partial charge in [0, 0.05) is 22.5 Å². The van der Waals surface area contributed by atoms with Gasteiger partial charge >= 0.3 is 0 Å². The van der Waals surface area contributed by atoms with Crippen LogP contribution in [-0.2, 0) is 9.59 Å². The summed E-state index contributed by atoms with van der Waals surface area (Å²) in [5, 5.41) is 3.90. The minimum Gasteiger partial charge on any atom is -0.312 e. The Morgan fingerprint density at radius 2 is 2.18 bits per heavy atom. The van der Waals surface area contributed by atoms with Gasteiger partial charge in [-0.3, -0.25) is 14.5 Å². The molecule has 0 bridgehead atoms. The van der Waals surface area contributed by atoms with E-state index in [0.717, 1.165) is 15.6 Å². The number of carbonyl (C=O) groups is 2. The number of fused-ring (bicyclic) bond motifs is 1. The van der Waals surface area contributed by atoms with E-state index in [-0.39, 0.29) is 17.2 Å². The zero-order chi connectivity index (χ0) is 15.9. The van der Waals surface area contributed by atoms with Crippen LogP contribution in [0, 0.1) is 0 Å². The molecule has 2 aliphatic rings. The fourth-order valence-corrected chi connectivity index (χ4v) is 4.98. The molecule has 1 unspecified atom stereocenters. The molecule has 2 heterocycles. The van der Waals surface area contributed by atoms with Gasteiger partial charge in [-0.05, 0) is 18.2 Å². The van der Waals surface area contributed by atoms with Crippen molar-refractivity contribution in [3.63, 3.8) is 0 Å². The van der Waals surface area contributed by atoms with E-state index in [1.807, 2.05) is 6.07 Å². The first-order valence-electron chi connectivity index (χ1n) is 6.53. The van der Waals surface area contributed by atoms with Gasteiger partial charge in [-0.2, -0.15) is 0 Å². The van der Waals surface area contributed by atoms with Crippen LogP contribution in [0.3, 0.4) is 0 Å². The molecule has 0 spiro atoms. The number of hydrogen-bond donors (Lipinski definition) is 1. The van der Waals surface area contributed by atoms with Gasteiger partial charge in [0.05, 0.1) is 21.8 Å². The number of hydrogen-bond acceptors (Lipinski definition) is 4. The lowest BCUT2D eigenvalue weighted by atomic mass is 10.2. The minimum absolute atomic E-state index is 0.0354. The van der Waals surface area contributed by atoms with E-state index in [2.05, 4.69) is 5.32 Å². The minimum atomic E-state index is -0.187. The predicted molar refractivity (Wildman–Crippen MR) is 90.9 cm³/mol. The molecule has 1 N–H and O–H groups in total. The van der Waals surface area contributed by atoms with E-state index in [1.165, 1.54) is 18.7 Å². The molecular formula is C14H12Cl2N2O2S2. The SMILES string of the molecule is CC(=O)NC1=C(Sc2ccc(Cl)c(Cl)c2)CSC2CC(=O)N12. The number of β-lactam (4-membered cyclic amide) rings is 1. The van der Waals surface area contributed by atoms with Crippen LogP contribution in [0.5, 0.6) is 0 Å². The molecule has 2 aliphatic heterocycles. The van der Waals surface area contributed by atoms with Crippen molar-refractivity contribution in [1.29, 1.82) is 0 Å². The van der Waals surface area contributed by atoms with Gasteiger partial charge in [0.25, 0.3) is 0 Å². The third kappa shape index (κ3) is 3.11. The lowest BCUT2D eigenvalue weighted by Gasteiger charge is -2.44. The van der Waals surface area contributed by atoms with E-state index in [9.17, 15) is 9.59 Å². The maximum absolute atomic E-state index is 11.8. The van der Waals surface area contributed by atoms with Crippen molar-refractivity contribution in [3.8, 4) is 0 Å². The Hall–Kier alpha value is -0.820. The quantitative estimate of drug-likeness (QED) is 0.819. The molecule has 4 nitrogen and oxygen atoms in total. The number of amides is 2. The topological polar surface area (TPSA) is 49.4 Å². The maximum atomic E-state index is 11.8. The molecule has 22 heavy (non-hydrogen) atoms. The number of halogens is 2. The molecule has 1 aromatic carbocycles. The number of thioether (sulfide) groups is 2. The highest BCUT2D eigenvalue weighted by Crippen LogP contribution is 2.44. The molecule has 0 saturated carbocycles. The highest BCUT2D eigenvalue weighted by atomic mass is 35.5. The summed E-state index contributed by atoms with van der Waals surface area (Å²) in [7, 11) is 0. The first-order valence-corrected chi connectivity index (χ1v) is 9.15. The second-order valence-corrected chi connectivity index (χ2v) is 8.01. The lowest BCUT2D eigenvalue weighted by molar-refractivity contribution is -0.139. The summed E-state index contributed by atoms with van der Waals surface area (Å²) >= 11 is 15.1. The first-order chi connectivity index (χ1) is 10.5. The fraction of sp³-hybridized carbons (Fsp3) is 0.286. The molecule has 2 amide bonds. The molecule has 1 fully saturated rings. The largest absolute Gasteiger partial charge is 0.312 e. The summed E-state index contributed by atoms with van der Waals surface area (Å²) in [6.45, 7) is 1.44. The summed E-state index contributed by atoms with van der Waals surface area (Å²) in [6, 6.07) is 5.38. The number of rotatable bonds is 3. The van der Waals surface area contributed by atoms with Gasteiger partial charge in [0.1, 0.15) is 5.82 Å². The van der Waals surface area contributed by atoms with E-state index >= 15 is 0 Å². The average Bonchev–Trinajstić information content (AvgIpc) is 2.43. The molecule has 1 saturated heterocycles. The average molecular weight is 375 g/mol. The van der Waals surface area contributed by atoms with Crippen molar-refractivity contribution in [3.05, 3.63) is 39.0 Å². The summed E-state index contributed by atoms with van der Waals surface area (Å²) in [5.41, 5.74) is 0. The van der Waals surface area contributed by atoms with Gasteiger partial charge in [0.15, 0.2) is 0 Å². The van der Waals surface area contributed by atoms with Gasteiger partial charge in [0.2, 0.25) is 11.8 Å². The van der Waals surface area contributed by atoms with Crippen molar-refractivity contribution >= 4 is 58.5 Å². The zero-order valence-electron chi connectivity index (χ0n) is 11.6. The predicted octanol–water partition coefficient (Wildman–Crippen LogP) is 3.70. The van der Waals surface area contributed by atoms with Crippen molar-refractivity contribution in [2.75, 3.05) is 5.75 Å². The van der Waals surface area contributed by atoms with Crippen molar-refractivity contribution in [2.24, 2.45) is 0 Å². The van der Waals surface area contributed by atoms with Gasteiger partial charge < -0.3 is 5.32 Å². The van der Waals surface area contributed by atoms with Gasteiger partial charge in [-0.15, -0.1) is 11.8 Å². The number of benzene rings is 1. The van der Waals surface area contributed by atoms with Crippen LogP contribution in [0.2, 0.25) is 10.0 Å². The molecular weight excluding hydrogens is 363 g/mol. The molecule has 0 aliphatic carbocycles. The summed E-state index contributed by atoms with van der Waals surface area (Å²) in [6.07, 6.45) is 0.526. The highest BCUT2D eigenvalue weighted by Gasteiger charge is 2.43. The van der Waals surface area contributed by atoms with Crippen molar-refractivity contribution in [1.82, 2.24) is 10.2 Å². The summed E-state index contributed by atoms with van der Waals surface area (Å²) in [4.78, 5) is 26.8. The Labute approximate surface area is 146 Å². The van der Waals surface area contributed by atoms with E-state index in [1.54, 1.807) is 28.8 Å². The normalized spacial score (nSPS) is 20.6. The summed E-state index contributed by atoms with van der Waals surface area (Å²) in [5.74, 6) is 1.19. The Morgan fingerprint density at radius 1 is 1.41 bits per heavy atom. The van der Waals surface area contributed by atoms with E-state index < -0.39 is 0 Å². The third-order valence-electron chi connectivity index (χ3n) is 3.24. The standard InChI is InChI=1S/C14H12Cl2N2O2S2/c1-7(19)17-14-11(6-21-13-5-12(20)18(13)14)22-8-2-3-9(15)10(16)4-8/h2-4,13H,5-6H2,1H3,(H,17,19). The van der Waals surface area contributed by atoms with Gasteiger partial charge in [-0.1, -0.05) is 35.0 Å². The Bertz CT molecular complexity index is 693. The fourth-order valence-electron chi connectivity index (χ4n) is 2.22. The Kier molecular flexibility index (Phi) is 4.64. The molecule has 1 atom stereocenters. The van der Waals surface area contributed by atoms with Crippen LogP contribution < -0.4 is 5.32 Å². The molecule has 116 valence electrons. The van der Waals surface area contributed by atoms with E-state index in [0.29, 0.717) is 22.3 Å². The van der Waals surface area contributed by atoms with Crippen LogP contribution in [0.25, 0.3) is 0 Å². The van der Waals surface area contributed by atoms with Crippen LogP contribution >= 0.6 is 46.7 Å². The van der Waals surface area contributed by atoms with Crippen LogP contribution in [0.1, 0.15) is 13.3 Å². The Morgan fingerprint density at radius 3 is 2.82 bits per heavy atom. The van der Waals surface area contributed by atoms with E-state index in [4.69, 9.17) is 23.2 Å². The molecule has 8 heteroatoms. The smallest absolute Gasteiger partial charge is 0.232 e. The van der Waals surface area contributed by atoms with Crippen LogP contribution in [0.4, 0.5) is 0 Å². The van der Waals surface area contributed by atoms with Crippen molar-refractivity contribution < 1.29 is 9.59 Å². The van der Waals surface area contributed by atoms with Crippen LogP contribution in [0.15, 0.2) is 33.8 Å². The van der Waals surface area contributed by atoms with Gasteiger partial charge in [-0.25, -0.2) is 0 Å². The summed E-state index contributed by atoms with van der Waals surface area (Å²) < 4.78 is 0. The number of carbonyl (C=O) groups excluding carboxylic acids is 2.